The number of halogens is 1. The number of sulfonamides is 1. The first-order valence-corrected chi connectivity index (χ1v) is 12.0. The van der Waals surface area contributed by atoms with E-state index >= 15 is 0 Å². The van der Waals surface area contributed by atoms with Crippen LogP contribution in [0.5, 0.6) is 0 Å². The molecule has 1 atom stereocenters. The predicted molar refractivity (Wildman–Crippen MR) is 119 cm³/mol. The van der Waals surface area contributed by atoms with Gasteiger partial charge in [-0.25, -0.2) is 22.7 Å². The molecule has 1 aliphatic rings. The molecule has 0 aliphatic carbocycles. The maximum atomic E-state index is 13.1. The molecule has 2 aromatic carbocycles. The van der Waals surface area contributed by atoms with E-state index in [2.05, 4.69) is 15.5 Å². The van der Waals surface area contributed by atoms with Crippen LogP contribution in [0.1, 0.15) is 24.8 Å². The number of piperidine rings is 1. The largest absolute Gasteiger partial charge is 0.338 e. The Bertz CT molecular complexity index is 983. The molecule has 7 nitrogen and oxygen atoms in total. The van der Waals surface area contributed by atoms with Crippen molar-refractivity contribution in [2.24, 2.45) is 11.1 Å². The van der Waals surface area contributed by atoms with Gasteiger partial charge in [0.15, 0.2) is 0 Å². The zero-order chi connectivity index (χ0) is 22.3. The van der Waals surface area contributed by atoms with Crippen LogP contribution in [0.15, 0.2) is 53.4 Å². The van der Waals surface area contributed by atoms with Gasteiger partial charge in [0, 0.05) is 18.8 Å². The van der Waals surface area contributed by atoms with E-state index in [-0.39, 0.29) is 16.7 Å². The number of primary sulfonamides is 1. The van der Waals surface area contributed by atoms with Crippen molar-refractivity contribution in [3.8, 4) is 0 Å². The van der Waals surface area contributed by atoms with E-state index in [1.807, 2.05) is 12.1 Å². The molecule has 1 saturated heterocycles. The van der Waals surface area contributed by atoms with Gasteiger partial charge in [0.05, 0.1) is 4.90 Å². The van der Waals surface area contributed by atoms with Crippen LogP contribution in [0.25, 0.3) is 0 Å². The topological polar surface area (TPSA) is 105 Å². The molecule has 1 heterocycles. The Balaban J connectivity index is 1.37. The number of nitrogens with two attached hydrogens (primary N) is 1. The lowest BCUT2D eigenvalue weighted by Crippen LogP contribution is -2.38. The van der Waals surface area contributed by atoms with Gasteiger partial charge in [0.25, 0.3) is 0 Å². The number of nitrogens with zero attached hydrogens (tertiary/aromatic N) is 1. The number of nitrogens with one attached hydrogen (secondary N) is 2. The summed E-state index contributed by atoms with van der Waals surface area (Å²) in [7, 11) is -3.81. The SMILES string of the molecule is NS(=O)(=O)c1cccc(NC(=O)NCCCN2CCC[C@@H](Cc3ccc(F)cc3)C2)c1. The van der Waals surface area contributed by atoms with E-state index in [1.165, 1.54) is 36.8 Å². The fraction of sp³-hybridized carbons (Fsp3) is 0.409. The van der Waals surface area contributed by atoms with Crippen LogP contribution >= 0.6 is 0 Å². The Hall–Kier alpha value is -2.49. The van der Waals surface area contributed by atoms with Crippen molar-refractivity contribution >= 4 is 21.7 Å². The first-order valence-electron chi connectivity index (χ1n) is 10.4. The average molecular weight is 449 g/mol. The molecular formula is C22H29FN4O3S. The van der Waals surface area contributed by atoms with Crippen LogP contribution in [-0.4, -0.2) is 45.5 Å². The van der Waals surface area contributed by atoms with Gasteiger partial charge in [-0.1, -0.05) is 18.2 Å². The third-order valence-corrected chi connectivity index (χ3v) is 6.31. The van der Waals surface area contributed by atoms with Crippen LogP contribution in [0, 0.1) is 11.7 Å². The van der Waals surface area contributed by atoms with E-state index in [9.17, 15) is 17.6 Å². The summed E-state index contributed by atoms with van der Waals surface area (Å²) in [5.41, 5.74) is 1.53. The van der Waals surface area contributed by atoms with Gasteiger partial charge >= 0.3 is 6.03 Å². The van der Waals surface area contributed by atoms with E-state index in [1.54, 1.807) is 6.07 Å². The molecule has 168 valence electrons. The molecule has 0 unspecified atom stereocenters. The molecule has 9 heteroatoms. The quantitative estimate of drug-likeness (QED) is 0.540. The van der Waals surface area contributed by atoms with Crippen molar-refractivity contribution in [1.82, 2.24) is 10.2 Å². The summed E-state index contributed by atoms with van der Waals surface area (Å²) in [6.45, 7) is 3.46. The minimum Gasteiger partial charge on any atom is -0.338 e. The molecule has 1 fully saturated rings. The Morgan fingerprint density at radius 1 is 1.19 bits per heavy atom. The lowest BCUT2D eigenvalue weighted by Gasteiger charge is -2.32. The molecule has 31 heavy (non-hydrogen) atoms. The average Bonchev–Trinajstić information content (AvgIpc) is 2.73. The van der Waals surface area contributed by atoms with Gasteiger partial charge in [-0.05, 0) is 80.6 Å². The Morgan fingerprint density at radius 3 is 2.71 bits per heavy atom. The van der Waals surface area contributed by atoms with E-state index < -0.39 is 10.0 Å². The lowest BCUT2D eigenvalue weighted by molar-refractivity contribution is 0.172. The number of benzene rings is 2. The Labute approximate surface area is 182 Å². The molecule has 2 amide bonds. The number of carbonyl (C=O) groups excluding carboxylic acids is 1. The van der Waals surface area contributed by atoms with Crippen molar-refractivity contribution in [1.29, 1.82) is 0 Å². The van der Waals surface area contributed by atoms with E-state index in [0.717, 1.165) is 44.5 Å². The zero-order valence-electron chi connectivity index (χ0n) is 17.4. The highest BCUT2D eigenvalue weighted by atomic mass is 32.2. The van der Waals surface area contributed by atoms with Gasteiger partial charge in [-0.3, -0.25) is 0 Å². The molecule has 4 N–H and O–H groups in total. The number of anilines is 1. The maximum absolute atomic E-state index is 13.1. The molecule has 0 bridgehead atoms. The Morgan fingerprint density at radius 2 is 1.97 bits per heavy atom. The van der Waals surface area contributed by atoms with Crippen LogP contribution in [0.4, 0.5) is 14.9 Å². The second-order valence-corrected chi connectivity index (χ2v) is 9.51. The number of amides is 2. The summed E-state index contributed by atoms with van der Waals surface area (Å²) >= 11 is 0. The highest BCUT2D eigenvalue weighted by Crippen LogP contribution is 2.21. The molecule has 1 aliphatic heterocycles. The third-order valence-electron chi connectivity index (χ3n) is 5.40. The molecule has 0 radical (unpaired) electrons. The van der Waals surface area contributed by atoms with Crippen LogP contribution in [0.2, 0.25) is 0 Å². The number of carbonyl (C=O) groups is 1. The van der Waals surface area contributed by atoms with Crippen LogP contribution in [-0.2, 0) is 16.4 Å². The Kier molecular flexibility index (Phi) is 8.00. The number of hydrogen-bond donors (Lipinski definition) is 3. The summed E-state index contributed by atoms with van der Waals surface area (Å²) in [6, 6.07) is 12.2. The highest BCUT2D eigenvalue weighted by Gasteiger charge is 2.20. The summed E-state index contributed by atoms with van der Waals surface area (Å²) < 4.78 is 35.9. The number of likely N-dealkylation sites (tertiary alicyclic amines) is 1. The minimum absolute atomic E-state index is 0.0504. The maximum Gasteiger partial charge on any atom is 0.319 e. The molecule has 3 rings (SSSR count). The molecule has 0 saturated carbocycles. The monoisotopic (exact) mass is 448 g/mol. The standard InChI is InChI=1S/C22H29FN4O3S/c23-19-9-7-17(8-10-19)14-18-4-2-12-27(16-18)13-3-11-25-22(28)26-20-5-1-6-21(15-20)31(24,29)30/h1,5-10,15,18H,2-4,11-14,16H2,(H2,24,29,30)(H2,25,26,28)/t18-/m0/s1. The van der Waals surface area contributed by atoms with Crippen molar-refractivity contribution in [3.05, 3.63) is 59.9 Å². The normalized spacial score (nSPS) is 17.3. The van der Waals surface area contributed by atoms with Gasteiger partial charge in [-0.15, -0.1) is 0 Å². The summed E-state index contributed by atoms with van der Waals surface area (Å²) in [5, 5.41) is 10.5. The zero-order valence-corrected chi connectivity index (χ0v) is 18.2. The van der Waals surface area contributed by atoms with Crippen LogP contribution in [0.3, 0.4) is 0 Å². The molecule has 0 aromatic heterocycles. The lowest BCUT2D eigenvalue weighted by atomic mass is 9.91. The van der Waals surface area contributed by atoms with Gasteiger partial charge in [0.1, 0.15) is 5.82 Å². The second-order valence-electron chi connectivity index (χ2n) is 7.95. The molecular weight excluding hydrogens is 419 g/mol. The van der Waals surface area contributed by atoms with Gasteiger partial charge in [0.2, 0.25) is 10.0 Å². The fourth-order valence-electron chi connectivity index (χ4n) is 3.91. The summed E-state index contributed by atoms with van der Waals surface area (Å²) in [5.74, 6) is 0.351. The van der Waals surface area contributed by atoms with Crippen molar-refractivity contribution in [2.75, 3.05) is 31.5 Å². The number of hydrogen-bond acceptors (Lipinski definition) is 4. The summed E-state index contributed by atoms with van der Waals surface area (Å²) in [6.07, 6.45) is 4.08. The van der Waals surface area contributed by atoms with Gasteiger partial charge in [-0.2, -0.15) is 0 Å². The predicted octanol–water partition coefficient (Wildman–Crippen LogP) is 2.94. The third kappa shape index (κ3) is 7.61. The van der Waals surface area contributed by atoms with E-state index in [0.29, 0.717) is 18.2 Å². The highest BCUT2D eigenvalue weighted by molar-refractivity contribution is 7.89. The van der Waals surface area contributed by atoms with Crippen LogP contribution < -0.4 is 15.8 Å². The molecule has 0 spiro atoms. The van der Waals surface area contributed by atoms with Crippen molar-refractivity contribution in [3.63, 3.8) is 0 Å². The van der Waals surface area contributed by atoms with Gasteiger partial charge < -0.3 is 15.5 Å². The molecule has 2 aromatic rings. The van der Waals surface area contributed by atoms with Crippen molar-refractivity contribution < 1.29 is 17.6 Å². The minimum atomic E-state index is -3.81. The number of rotatable bonds is 8. The summed E-state index contributed by atoms with van der Waals surface area (Å²) in [4.78, 5) is 14.4. The van der Waals surface area contributed by atoms with E-state index in [4.69, 9.17) is 5.14 Å². The number of urea groups is 1. The first kappa shape index (κ1) is 23.2. The second kappa shape index (κ2) is 10.7. The fourth-order valence-corrected chi connectivity index (χ4v) is 4.46. The smallest absolute Gasteiger partial charge is 0.319 e. The first-order chi connectivity index (χ1) is 14.8. The van der Waals surface area contributed by atoms with Crippen molar-refractivity contribution in [2.45, 2.75) is 30.6 Å².